The summed E-state index contributed by atoms with van der Waals surface area (Å²) >= 11 is 0. The van der Waals surface area contributed by atoms with Crippen LogP contribution in [0.2, 0.25) is 0 Å². The fourth-order valence-corrected chi connectivity index (χ4v) is 3.56. The summed E-state index contributed by atoms with van der Waals surface area (Å²) in [6.07, 6.45) is 1.88. The molecule has 6 nitrogen and oxygen atoms in total. The van der Waals surface area contributed by atoms with E-state index in [2.05, 4.69) is 56.8 Å². The molecule has 2 aromatic carbocycles. The third-order valence-electron chi connectivity index (χ3n) is 5.62. The summed E-state index contributed by atoms with van der Waals surface area (Å²) in [6, 6.07) is 16.2. The lowest BCUT2D eigenvalue weighted by Gasteiger charge is -2.29. The number of nitrogens with one attached hydrogen (secondary N) is 1. The van der Waals surface area contributed by atoms with Crippen molar-refractivity contribution in [3.8, 4) is 5.69 Å². The first-order valence-corrected chi connectivity index (χ1v) is 11.0. The number of benzene rings is 2. The number of likely N-dealkylation sites (N-methyl/N-ethyl adjacent to an activating group) is 2. The molecule has 0 fully saturated rings. The number of anilines is 2. The number of H-pyrrole nitrogens is 1. The van der Waals surface area contributed by atoms with Gasteiger partial charge in [0.15, 0.2) is 0 Å². The van der Waals surface area contributed by atoms with Crippen LogP contribution in [-0.2, 0) is 0 Å². The average molecular weight is 435 g/mol. The number of nitrogens with zero attached hydrogens (tertiary/aromatic N) is 4. The molecule has 6 heteroatoms. The van der Waals surface area contributed by atoms with Crippen LogP contribution in [0.1, 0.15) is 12.5 Å². The van der Waals surface area contributed by atoms with Gasteiger partial charge in [0.1, 0.15) is 0 Å². The molecule has 0 atom stereocenters. The minimum Gasteiger partial charge on any atom is -0.378 e. The van der Waals surface area contributed by atoms with Crippen LogP contribution in [0, 0.1) is 0 Å². The highest BCUT2D eigenvalue weighted by Gasteiger charge is 2.12. The summed E-state index contributed by atoms with van der Waals surface area (Å²) in [6.45, 7) is 9.20. The van der Waals surface area contributed by atoms with E-state index in [0.717, 1.165) is 46.7 Å². The van der Waals surface area contributed by atoms with Gasteiger partial charge >= 0.3 is 0 Å². The van der Waals surface area contributed by atoms with E-state index in [0.29, 0.717) is 10.6 Å². The molecule has 0 spiro atoms. The van der Waals surface area contributed by atoms with Crippen LogP contribution in [0.3, 0.4) is 0 Å². The average Bonchev–Trinajstić information content (AvgIpc) is 3.02. The van der Waals surface area contributed by atoms with E-state index in [4.69, 9.17) is 0 Å². The summed E-state index contributed by atoms with van der Waals surface area (Å²) in [5, 5.41) is 4.30. The van der Waals surface area contributed by atoms with E-state index in [1.807, 2.05) is 61.5 Å². The number of hydrogen-bond donors (Lipinski definition) is 1. The Kier molecular flexibility index (Phi) is 6.94. The second-order valence-corrected chi connectivity index (χ2v) is 9.38. The quantitative estimate of drug-likeness (QED) is 0.552. The Labute approximate surface area is 190 Å². The molecule has 0 unspecified atom stereocenters. The van der Waals surface area contributed by atoms with Crippen molar-refractivity contribution in [3.63, 3.8) is 0 Å². The fourth-order valence-electron chi connectivity index (χ4n) is 3.56. The van der Waals surface area contributed by atoms with Gasteiger partial charge in [0.2, 0.25) is 0 Å². The van der Waals surface area contributed by atoms with Gasteiger partial charge in [0.25, 0.3) is 5.56 Å². The van der Waals surface area contributed by atoms with Gasteiger partial charge in [-0.25, -0.2) is 4.68 Å². The van der Waals surface area contributed by atoms with Crippen LogP contribution in [-0.4, -0.2) is 69.1 Å². The molecule has 3 aromatic rings. The molecule has 170 valence electrons. The molecule has 0 amide bonds. The van der Waals surface area contributed by atoms with Crippen LogP contribution >= 0.6 is 0 Å². The van der Waals surface area contributed by atoms with E-state index in [1.54, 1.807) is 4.68 Å². The number of quaternary nitrogens is 1. The number of rotatable bonds is 8. The highest BCUT2D eigenvalue weighted by Crippen LogP contribution is 2.16. The lowest BCUT2D eigenvalue weighted by Crippen LogP contribution is -2.42. The van der Waals surface area contributed by atoms with E-state index in [1.165, 1.54) is 0 Å². The maximum atomic E-state index is 13.1. The van der Waals surface area contributed by atoms with E-state index >= 15 is 0 Å². The standard InChI is InChI=1S/C26H36N5O/c1-8-29(17-18-31(5,6)7)23-13-15-24(16-14-23)30-26(32)25(20(2)27-30)19-21-9-11-22(12-10-21)28(3)4/h9-16,19,27H,2,8,17-18H2,1,3-7H3/q+1. The molecule has 0 bridgehead atoms. The van der Waals surface area contributed by atoms with Gasteiger partial charge in [-0.2, -0.15) is 0 Å². The normalized spacial score (nSPS) is 12.2. The summed E-state index contributed by atoms with van der Waals surface area (Å²) < 4.78 is 2.49. The predicted molar refractivity (Wildman–Crippen MR) is 136 cm³/mol. The largest absolute Gasteiger partial charge is 0.378 e. The van der Waals surface area contributed by atoms with E-state index < -0.39 is 0 Å². The van der Waals surface area contributed by atoms with Crippen LogP contribution in [0.25, 0.3) is 18.3 Å². The van der Waals surface area contributed by atoms with Gasteiger partial charge in [-0.15, -0.1) is 0 Å². The van der Waals surface area contributed by atoms with Crippen molar-refractivity contribution in [2.24, 2.45) is 0 Å². The SMILES string of the molecule is C=c1[nH]n(-c2ccc(N(CC)CC[N+](C)(C)C)cc2)c(=O)c1=Cc1ccc(N(C)C)cc1. The number of aromatic nitrogens is 2. The topological polar surface area (TPSA) is 44.3 Å². The van der Waals surface area contributed by atoms with Crippen molar-refractivity contribution in [2.45, 2.75) is 6.92 Å². The molecule has 0 saturated heterocycles. The van der Waals surface area contributed by atoms with Crippen molar-refractivity contribution >= 4 is 24.0 Å². The third kappa shape index (κ3) is 5.51. The molecule has 0 saturated carbocycles. The molecule has 1 aromatic heterocycles. The zero-order chi connectivity index (χ0) is 23.5. The Balaban J connectivity index is 1.88. The van der Waals surface area contributed by atoms with Gasteiger partial charge in [-0.05, 0) is 55.0 Å². The molecule has 1 heterocycles. The lowest BCUT2D eigenvalue weighted by molar-refractivity contribution is -0.868. The molecule has 0 aliphatic carbocycles. The molecular weight excluding hydrogens is 398 g/mol. The smallest absolute Gasteiger partial charge is 0.279 e. The van der Waals surface area contributed by atoms with Gasteiger partial charge in [-0.1, -0.05) is 18.7 Å². The van der Waals surface area contributed by atoms with Crippen molar-refractivity contribution in [1.82, 2.24) is 9.78 Å². The first-order chi connectivity index (χ1) is 15.1. The van der Waals surface area contributed by atoms with Crippen LogP contribution in [0.5, 0.6) is 0 Å². The maximum absolute atomic E-state index is 13.1. The van der Waals surface area contributed by atoms with Crippen LogP contribution in [0.4, 0.5) is 11.4 Å². The molecule has 1 N–H and O–H groups in total. The summed E-state index contributed by atoms with van der Waals surface area (Å²) in [5.74, 6) is 0. The molecule has 0 aliphatic rings. The molecule has 3 rings (SSSR count). The lowest BCUT2D eigenvalue weighted by atomic mass is 10.1. The van der Waals surface area contributed by atoms with Gasteiger partial charge in [-0.3, -0.25) is 9.89 Å². The Morgan fingerprint density at radius 1 is 1.00 bits per heavy atom. The second-order valence-electron chi connectivity index (χ2n) is 9.38. The minimum atomic E-state index is -0.100. The van der Waals surface area contributed by atoms with Crippen LogP contribution < -0.4 is 25.9 Å². The zero-order valence-electron chi connectivity index (χ0n) is 20.2. The van der Waals surface area contributed by atoms with Gasteiger partial charge in [0, 0.05) is 32.0 Å². The summed E-state index contributed by atoms with van der Waals surface area (Å²) in [4.78, 5) is 17.5. The number of hydrogen-bond acceptors (Lipinski definition) is 3. The summed E-state index contributed by atoms with van der Waals surface area (Å²) in [7, 11) is 10.6. The molecule has 0 aliphatic heterocycles. The minimum absolute atomic E-state index is 0.100. The predicted octanol–water partition coefficient (Wildman–Crippen LogP) is 2.00. The zero-order valence-corrected chi connectivity index (χ0v) is 20.2. The second kappa shape index (κ2) is 9.49. The summed E-state index contributed by atoms with van der Waals surface area (Å²) in [5.41, 5.74) is 3.94. The Morgan fingerprint density at radius 3 is 2.12 bits per heavy atom. The fraction of sp³-hybridized carbons (Fsp3) is 0.346. The number of aromatic amines is 1. The molecular formula is C26H36N5O+. The molecule has 0 radical (unpaired) electrons. The van der Waals surface area contributed by atoms with E-state index in [-0.39, 0.29) is 5.56 Å². The van der Waals surface area contributed by atoms with Crippen molar-refractivity contribution in [3.05, 3.63) is 75.0 Å². The third-order valence-corrected chi connectivity index (χ3v) is 5.62. The first kappa shape index (κ1) is 23.4. The van der Waals surface area contributed by atoms with Gasteiger partial charge < -0.3 is 14.3 Å². The van der Waals surface area contributed by atoms with Crippen molar-refractivity contribution < 1.29 is 4.48 Å². The first-order valence-electron chi connectivity index (χ1n) is 11.0. The van der Waals surface area contributed by atoms with Crippen LogP contribution in [0.15, 0.2) is 53.3 Å². The highest BCUT2D eigenvalue weighted by atomic mass is 16.1. The molecule has 32 heavy (non-hydrogen) atoms. The monoisotopic (exact) mass is 434 g/mol. The Morgan fingerprint density at radius 2 is 1.59 bits per heavy atom. The van der Waals surface area contributed by atoms with Gasteiger partial charge in [0.05, 0.1) is 50.5 Å². The highest BCUT2D eigenvalue weighted by molar-refractivity contribution is 5.56. The van der Waals surface area contributed by atoms with E-state index in [9.17, 15) is 4.79 Å². The Hall–Kier alpha value is -3.25. The van der Waals surface area contributed by atoms with Crippen molar-refractivity contribution in [1.29, 1.82) is 0 Å². The maximum Gasteiger partial charge on any atom is 0.279 e. The van der Waals surface area contributed by atoms with Crippen molar-refractivity contribution in [2.75, 3.05) is 64.7 Å². The Bertz CT molecular complexity index is 1200.